The number of hydrogen-bond acceptors (Lipinski definition) is 8. The monoisotopic (exact) mass is 799 g/mol. The van der Waals surface area contributed by atoms with Crippen LogP contribution in [0, 0.1) is 0 Å². The molecule has 59 heavy (non-hydrogen) atoms. The molecule has 2 saturated heterocycles. The van der Waals surface area contributed by atoms with Crippen molar-refractivity contribution in [1.29, 1.82) is 0 Å². The lowest BCUT2D eigenvalue weighted by Gasteiger charge is -2.39. The summed E-state index contributed by atoms with van der Waals surface area (Å²) in [5.74, 6) is -0.424. The first-order valence-electron chi connectivity index (χ1n) is 20.5. The number of rotatable bonds is 15. The molecule has 0 unspecified atom stereocenters. The number of nitrogens with zero attached hydrogens (tertiary/aromatic N) is 6. The second-order valence-electron chi connectivity index (χ2n) is 15.4. The molecule has 0 spiro atoms. The van der Waals surface area contributed by atoms with Gasteiger partial charge in [-0.3, -0.25) is 24.1 Å². The van der Waals surface area contributed by atoms with Crippen molar-refractivity contribution in [2.24, 2.45) is 0 Å². The van der Waals surface area contributed by atoms with Crippen molar-refractivity contribution in [2.75, 3.05) is 87.7 Å². The quantitative estimate of drug-likeness (QED) is 0.166. The van der Waals surface area contributed by atoms with E-state index in [1.165, 1.54) is 18.6 Å². The summed E-state index contributed by atoms with van der Waals surface area (Å²) in [5, 5.41) is 12.1. The van der Waals surface area contributed by atoms with Gasteiger partial charge in [0.25, 0.3) is 0 Å². The molecule has 12 nitrogen and oxygen atoms in total. The van der Waals surface area contributed by atoms with Gasteiger partial charge in [0.2, 0.25) is 23.6 Å². The molecule has 4 amide bonds. The topological polar surface area (TPSA) is 120 Å². The van der Waals surface area contributed by atoms with Crippen LogP contribution >= 0.6 is 0 Å². The van der Waals surface area contributed by atoms with E-state index in [1.807, 2.05) is 76.3 Å². The molecule has 1 atom stereocenters. The Morgan fingerprint density at radius 3 is 1.97 bits per heavy atom. The molecule has 2 N–H and O–H groups in total. The van der Waals surface area contributed by atoms with Crippen molar-refractivity contribution in [2.45, 2.75) is 39.4 Å². The molecule has 0 bridgehead atoms. The summed E-state index contributed by atoms with van der Waals surface area (Å²) in [4.78, 5) is 64.8. The molecular formula is C47H57N7O5. The first kappa shape index (κ1) is 42.6. The number of nitrogens with one attached hydrogen (secondary N) is 1. The third-order valence-electron chi connectivity index (χ3n) is 11.1. The molecule has 2 aliphatic rings. The van der Waals surface area contributed by atoms with Crippen LogP contribution in [-0.4, -0.2) is 127 Å². The Kier molecular flexibility index (Phi) is 14.9. The number of amides is 4. The van der Waals surface area contributed by atoms with Crippen molar-refractivity contribution in [3.05, 3.63) is 131 Å². The van der Waals surface area contributed by atoms with Gasteiger partial charge in [0.05, 0.1) is 6.61 Å². The highest BCUT2D eigenvalue weighted by atomic mass is 16.3. The second kappa shape index (κ2) is 20.6. The largest absolute Gasteiger partial charge is 0.395 e. The number of benzene rings is 4. The number of piperazine rings is 2. The maximum Gasteiger partial charge on any atom is 0.247 e. The summed E-state index contributed by atoms with van der Waals surface area (Å²) in [6, 6.07) is 32.9. The van der Waals surface area contributed by atoms with Crippen LogP contribution in [0.3, 0.4) is 0 Å². The van der Waals surface area contributed by atoms with Crippen LogP contribution < -0.4 is 15.1 Å². The Hall–Kier alpha value is -5.98. The van der Waals surface area contributed by atoms with Crippen LogP contribution in [0.4, 0.5) is 17.1 Å². The minimum atomic E-state index is -0.758. The molecule has 0 aromatic heterocycles. The highest BCUT2D eigenvalue weighted by molar-refractivity contribution is 5.96. The van der Waals surface area contributed by atoms with Gasteiger partial charge in [-0.25, -0.2) is 0 Å². The summed E-state index contributed by atoms with van der Waals surface area (Å²) < 4.78 is 0. The van der Waals surface area contributed by atoms with Crippen LogP contribution in [0.1, 0.15) is 36.1 Å². The Bertz CT molecular complexity index is 2020. The number of carbonyl (C=O) groups excluding carboxylic acids is 4. The van der Waals surface area contributed by atoms with Gasteiger partial charge in [0.1, 0.15) is 6.04 Å². The van der Waals surface area contributed by atoms with Crippen molar-refractivity contribution in [3.63, 3.8) is 0 Å². The maximum atomic E-state index is 14.8. The summed E-state index contributed by atoms with van der Waals surface area (Å²) in [7, 11) is 1.96. The molecule has 4 aromatic carbocycles. The normalized spacial score (nSPS) is 15.2. The van der Waals surface area contributed by atoms with Gasteiger partial charge in [0.15, 0.2) is 0 Å². The standard InChI is InChI=1S/C47H57N7O5/c1-36(56)48-42-16-9-38(10-17-42)15-22-46(58)54(35-41-13-20-44(21-14-41)52-29-27-51(28-30-52)37(2)57)45(33-39-7-5-4-6-8-39)47(59)53-25-23-50(24-26-53)34-40-11-18-43(19-12-40)49(3)31-32-55/h4-22,45,55H,23-35H2,1-3H3,(H,48,56)/b22-15+/t45-/m0/s1. The molecule has 0 aliphatic carbocycles. The molecular weight excluding hydrogens is 743 g/mol. The second-order valence-corrected chi connectivity index (χ2v) is 15.4. The van der Waals surface area contributed by atoms with E-state index in [1.54, 1.807) is 30.0 Å². The van der Waals surface area contributed by atoms with E-state index >= 15 is 0 Å². The van der Waals surface area contributed by atoms with E-state index in [0.29, 0.717) is 57.9 Å². The van der Waals surface area contributed by atoms with E-state index in [9.17, 15) is 24.3 Å². The van der Waals surface area contributed by atoms with Crippen LogP contribution in [0.2, 0.25) is 0 Å². The first-order chi connectivity index (χ1) is 28.6. The predicted octanol–water partition coefficient (Wildman–Crippen LogP) is 4.74. The maximum absolute atomic E-state index is 14.8. The predicted molar refractivity (Wildman–Crippen MR) is 234 cm³/mol. The molecule has 2 heterocycles. The summed E-state index contributed by atoms with van der Waals surface area (Å²) in [6.45, 7) is 10.1. The van der Waals surface area contributed by atoms with Crippen molar-refractivity contribution in [3.8, 4) is 0 Å². The molecule has 2 fully saturated rings. The summed E-state index contributed by atoms with van der Waals surface area (Å²) in [6.07, 6.45) is 3.64. The Labute approximate surface area is 348 Å². The fourth-order valence-electron chi connectivity index (χ4n) is 7.67. The van der Waals surface area contributed by atoms with Crippen molar-refractivity contribution < 1.29 is 24.3 Å². The molecule has 0 saturated carbocycles. The number of aliphatic hydroxyl groups excluding tert-OH is 1. The average molecular weight is 800 g/mol. The number of hydrogen-bond donors (Lipinski definition) is 2. The minimum absolute atomic E-state index is 0.0776. The zero-order valence-electron chi connectivity index (χ0n) is 34.5. The SMILES string of the molecule is CC(=O)Nc1ccc(/C=C/C(=O)N(Cc2ccc(N3CCN(C(C)=O)CC3)cc2)[C@@H](Cc2ccccc2)C(=O)N2CCN(Cc3ccc(N(C)CCO)cc3)CC2)cc1. The van der Waals surface area contributed by atoms with E-state index in [-0.39, 0.29) is 36.8 Å². The highest BCUT2D eigenvalue weighted by Gasteiger charge is 2.34. The van der Waals surface area contributed by atoms with Gasteiger partial charge in [-0.2, -0.15) is 0 Å². The molecule has 6 rings (SSSR count). The molecule has 4 aromatic rings. The van der Waals surface area contributed by atoms with E-state index in [0.717, 1.165) is 47.7 Å². The van der Waals surface area contributed by atoms with Crippen LogP contribution in [0.5, 0.6) is 0 Å². The minimum Gasteiger partial charge on any atom is -0.395 e. The van der Waals surface area contributed by atoms with Gasteiger partial charge in [-0.15, -0.1) is 0 Å². The van der Waals surface area contributed by atoms with Gasteiger partial charge in [0, 0.05) is 122 Å². The number of aliphatic hydroxyl groups is 1. The fraction of sp³-hybridized carbons (Fsp3) is 0.362. The number of carbonyl (C=O) groups is 4. The van der Waals surface area contributed by atoms with Crippen LogP contribution in [0.25, 0.3) is 6.08 Å². The summed E-state index contributed by atoms with van der Waals surface area (Å²) in [5.41, 5.74) is 6.62. The van der Waals surface area contributed by atoms with Gasteiger partial charge >= 0.3 is 0 Å². The van der Waals surface area contributed by atoms with Crippen molar-refractivity contribution in [1.82, 2.24) is 19.6 Å². The number of likely N-dealkylation sites (N-methyl/N-ethyl adjacent to an activating group) is 1. The molecule has 12 heteroatoms. The van der Waals surface area contributed by atoms with Crippen LogP contribution in [0.15, 0.2) is 109 Å². The third-order valence-corrected chi connectivity index (χ3v) is 11.1. The molecule has 310 valence electrons. The lowest BCUT2D eigenvalue weighted by molar-refractivity contribution is -0.145. The Morgan fingerprint density at radius 2 is 1.36 bits per heavy atom. The van der Waals surface area contributed by atoms with Crippen molar-refractivity contribution >= 4 is 46.8 Å². The highest BCUT2D eigenvalue weighted by Crippen LogP contribution is 2.23. The smallest absolute Gasteiger partial charge is 0.247 e. The fourth-order valence-corrected chi connectivity index (χ4v) is 7.67. The Balaban J connectivity index is 1.21. The van der Waals surface area contributed by atoms with Gasteiger partial charge in [-0.05, 0) is 64.7 Å². The Morgan fingerprint density at radius 1 is 0.729 bits per heavy atom. The zero-order chi connectivity index (χ0) is 41.7. The van der Waals surface area contributed by atoms with Gasteiger partial charge < -0.3 is 34.9 Å². The summed E-state index contributed by atoms with van der Waals surface area (Å²) >= 11 is 0. The third kappa shape index (κ3) is 12.0. The average Bonchev–Trinajstić information content (AvgIpc) is 3.25. The molecule has 2 aliphatic heterocycles. The van der Waals surface area contributed by atoms with E-state index < -0.39 is 6.04 Å². The first-order valence-corrected chi connectivity index (χ1v) is 20.5. The lowest BCUT2D eigenvalue weighted by atomic mass is 10.0. The van der Waals surface area contributed by atoms with Crippen LogP contribution in [-0.2, 0) is 38.7 Å². The van der Waals surface area contributed by atoms with Gasteiger partial charge in [-0.1, -0.05) is 66.7 Å². The number of anilines is 3. The lowest BCUT2D eigenvalue weighted by Crippen LogP contribution is -2.56. The zero-order valence-corrected chi connectivity index (χ0v) is 34.5. The van der Waals surface area contributed by atoms with E-state index in [4.69, 9.17) is 0 Å². The van der Waals surface area contributed by atoms with E-state index in [2.05, 4.69) is 51.5 Å². The molecule has 0 radical (unpaired) electrons.